The quantitative estimate of drug-likeness (QED) is 0.840. The summed E-state index contributed by atoms with van der Waals surface area (Å²) in [4.78, 5) is 41.0. The van der Waals surface area contributed by atoms with Gasteiger partial charge >= 0.3 is 6.03 Å². The Morgan fingerprint density at radius 3 is 2.46 bits per heavy atom. The van der Waals surface area contributed by atoms with Gasteiger partial charge in [0.05, 0.1) is 6.04 Å². The Labute approximate surface area is 152 Å². The van der Waals surface area contributed by atoms with Crippen molar-refractivity contribution in [3.05, 3.63) is 29.3 Å². The third kappa shape index (κ3) is 2.91. The summed E-state index contributed by atoms with van der Waals surface area (Å²) >= 11 is 0. The predicted octanol–water partition coefficient (Wildman–Crippen LogP) is 1.40. The number of urea groups is 1. The monoisotopic (exact) mass is 356 g/mol. The number of carbonyl (C=O) groups is 3. The lowest BCUT2D eigenvalue weighted by molar-refractivity contribution is -0.156. The van der Waals surface area contributed by atoms with E-state index in [9.17, 15) is 14.4 Å². The molecule has 1 aromatic carbocycles. The summed E-state index contributed by atoms with van der Waals surface area (Å²) < 4.78 is 0. The van der Waals surface area contributed by atoms with Crippen LogP contribution in [0.5, 0.6) is 0 Å². The number of carbonyl (C=O) groups excluding carboxylic acids is 3. The number of piperazine rings is 1. The van der Waals surface area contributed by atoms with Crippen LogP contribution in [0.3, 0.4) is 0 Å². The summed E-state index contributed by atoms with van der Waals surface area (Å²) in [5.74, 6) is 0.0669. The minimum atomic E-state index is -0.427. The smallest absolute Gasteiger partial charge is 0.319 e. The average Bonchev–Trinajstić information content (AvgIpc) is 3.18. The van der Waals surface area contributed by atoms with E-state index in [0.717, 1.165) is 29.7 Å². The van der Waals surface area contributed by atoms with E-state index >= 15 is 0 Å². The number of amides is 4. The van der Waals surface area contributed by atoms with Crippen LogP contribution in [-0.4, -0.2) is 58.9 Å². The molecule has 0 aliphatic carbocycles. The summed E-state index contributed by atoms with van der Waals surface area (Å²) in [6, 6.07) is 4.63. The molecule has 3 aliphatic rings. The fourth-order valence-corrected chi connectivity index (χ4v) is 4.49. The molecule has 0 bridgehead atoms. The van der Waals surface area contributed by atoms with Gasteiger partial charge in [-0.3, -0.25) is 9.59 Å². The first-order valence-electron chi connectivity index (χ1n) is 9.19. The number of nitrogens with zero attached hydrogens (tertiary/aromatic N) is 2. The van der Waals surface area contributed by atoms with Crippen molar-refractivity contribution in [2.45, 2.75) is 51.2 Å². The number of hydrogen-bond donors (Lipinski definition) is 2. The zero-order valence-electron chi connectivity index (χ0n) is 15.1. The van der Waals surface area contributed by atoms with E-state index in [1.807, 2.05) is 32.0 Å². The van der Waals surface area contributed by atoms with E-state index in [0.29, 0.717) is 19.5 Å². The predicted molar refractivity (Wildman–Crippen MR) is 96.7 cm³/mol. The van der Waals surface area contributed by atoms with Crippen LogP contribution >= 0.6 is 0 Å². The van der Waals surface area contributed by atoms with Crippen LogP contribution < -0.4 is 10.6 Å². The van der Waals surface area contributed by atoms with Crippen molar-refractivity contribution < 1.29 is 14.4 Å². The fourth-order valence-electron chi connectivity index (χ4n) is 4.49. The van der Waals surface area contributed by atoms with Gasteiger partial charge in [0, 0.05) is 18.8 Å². The topological polar surface area (TPSA) is 81.8 Å². The third-order valence-electron chi connectivity index (χ3n) is 5.50. The molecule has 4 rings (SSSR count). The molecule has 3 heterocycles. The summed E-state index contributed by atoms with van der Waals surface area (Å²) in [6.07, 6.45) is 2.12. The highest BCUT2D eigenvalue weighted by Gasteiger charge is 2.51. The van der Waals surface area contributed by atoms with Crippen molar-refractivity contribution in [3.8, 4) is 0 Å². The summed E-state index contributed by atoms with van der Waals surface area (Å²) in [6.45, 7) is 5.04. The molecule has 2 N–H and O–H groups in total. The van der Waals surface area contributed by atoms with Gasteiger partial charge in [0.2, 0.25) is 11.8 Å². The molecule has 0 aromatic heterocycles. The number of benzene rings is 1. The Kier molecular flexibility index (Phi) is 4.09. The average molecular weight is 356 g/mol. The molecule has 3 atom stereocenters. The van der Waals surface area contributed by atoms with E-state index in [-0.39, 0.29) is 29.9 Å². The minimum Gasteiger partial charge on any atom is -0.333 e. The summed E-state index contributed by atoms with van der Waals surface area (Å²) in [5.41, 5.74) is 2.90. The van der Waals surface area contributed by atoms with Crippen molar-refractivity contribution in [1.82, 2.24) is 15.1 Å². The van der Waals surface area contributed by atoms with Crippen LogP contribution in [0.25, 0.3) is 0 Å². The number of aryl methyl sites for hydroxylation is 2. The Balaban J connectivity index is 1.40. The van der Waals surface area contributed by atoms with Gasteiger partial charge in [-0.15, -0.1) is 0 Å². The van der Waals surface area contributed by atoms with Crippen LogP contribution in [0.4, 0.5) is 10.5 Å². The molecule has 3 aliphatic heterocycles. The van der Waals surface area contributed by atoms with Crippen molar-refractivity contribution in [2.75, 3.05) is 18.4 Å². The first-order valence-corrected chi connectivity index (χ1v) is 9.19. The van der Waals surface area contributed by atoms with Crippen LogP contribution in [0.2, 0.25) is 0 Å². The van der Waals surface area contributed by atoms with Gasteiger partial charge in [0.1, 0.15) is 12.1 Å². The lowest BCUT2D eigenvalue weighted by Gasteiger charge is -2.38. The zero-order valence-corrected chi connectivity index (χ0v) is 15.1. The number of fused-ring (bicyclic) bond motifs is 2. The lowest BCUT2D eigenvalue weighted by atomic mass is 10.1. The van der Waals surface area contributed by atoms with Gasteiger partial charge in [-0.25, -0.2) is 4.79 Å². The molecule has 0 spiro atoms. The van der Waals surface area contributed by atoms with Crippen LogP contribution in [0.1, 0.15) is 30.4 Å². The van der Waals surface area contributed by atoms with Crippen LogP contribution in [-0.2, 0) is 9.59 Å². The van der Waals surface area contributed by atoms with E-state index in [4.69, 9.17) is 0 Å². The maximum Gasteiger partial charge on any atom is 0.319 e. The molecular weight excluding hydrogens is 332 g/mol. The first-order chi connectivity index (χ1) is 12.4. The largest absolute Gasteiger partial charge is 0.333 e. The van der Waals surface area contributed by atoms with Gasteiger partial charge in [-0.1, -0.05) is 6.07 Å². The second kappa shape index (κ2) is 6.30. The van der Waals surface area contributed by atoms with Crippen molar-refractivity contribution in [2.24, 2.45) is 0 Å². The third-order valence-corrected chi connectivity index (χ3v) is 5.50. The van der Waals surface area contributed by atoms with E-state index < -0.39 is 6.04 Å². The number of hydrogen-bond acceptors (Lipinski definition) is 3. The number of rotatable bonds is 2. The Hall–Kier alpha value is -2.57. The van der Waals surface area contributed by atoms with E-state index in [1.54, 1.807) is 9.80 Å². The molecule has 138 valence electrons. The van der Waals surface area contributed by atoms with Crippen LogP contribution in [0, 0.1) is 13.8 Å². The van der Waals surface area contributed by atoms with Gasteiger partial charge in [-0.2, -0.15) is 0 Å². The number of nitrogens with one attached hydrogen (secondary N) is 2. The molecule has 0 saturated carbocycles. The van der Waals surface area contributed by atoms with Gasteiger partial charge in [0.25, 0.3) is 0 Å². The second-order valence-electron chi connectivity index (χ2n) is 7.60. The molecule has 0 radical (unpaired) electrons. The van der Waals surface area contributed by atoms with Crippen LogP contribution in [0.15, 0.2) is 18.2 Å². The molecule has 3 saturated heterocycles. The molecule has 3 fully saturated rings. The van der Waals surface area contributed by atoms with Gasteiger partial charge in [-0.05, 0) is 56.4 Å². The SMILES string of the molecule is Cc1cc(C)cc(NC(=O)N[C@H]2C[C@H]3C(=O)N4CCC[C@H]4C(=O)N3C2)c1. The zero-order chi connectivity index (χ0) is 18.4. The second-order valence-corrected chi connectivity index (χ2v) is 7.60. The van der Waals surface area contributed by atoms with E-state index in [2.05, 4.69) is 10.6 Å². The van der Waals surface area contributed by atoms with Gasteiger partial charge in [0.15, 0.2) is 0 Å². The maximum absolute atomic E-state index is 12.6. The fraction of sp³-hybridized carbons (Fsp3) is 0.526. The summed E-state index contributed by atoms with van der Waals surface area (Å²) in [7, 11) is 0. The highest BCUT2D eigenvalue weighted by molar-refractivity contribution is 5.98. The molecule has 4 amide bonds. The molecular formula is C19H24N4O3. The van der Waals surface area contributed by atoms with E-state index in [1.165, 1.54) is 0 Å². The maximum atomic E-state index is 12.6. The highest BCUT2D eigenvalue weighted by atomic mass is 16.2. The molecule has 0 unspecified atom stereocenters. The standard InChI is InChI=1S/C19H24N4O3/c1-11-6-12(2)8-13(7-11)20-19(26)21-14-9-16-18(25)22-5-3-4-15(22)17(24)23(16)10-14/h6-8,14-16H,3-5,9-10H2,1-2H3,(H2,20,21,26)/t14-,15-,16-/m0/s1. The number of anilines is 1. The molecule has 7 heteroatoms. The summed E-state index contributed by atoms with van der Waals surface area (Å²) in [5, 5.41) is 5.76. The molecule has 1 aromatic rings. The first kappa shape index (κ1) is 16.9. The molecule has 7 nitrogen and oxygen atoms in total. The van der Waals surface area contributed by atoms with Crippen molar-refractivity contribution in [3.63, 3.8) is 0 Å². The highest BCUT2D eigenvalue weighted by Crippen LogP contribution is 2.32. The lowest BCUT2D eigenvalue weighted by Crippen LogP contribution is -2.60. The van der Waals surface area contributed by atoms with Crippen molar-refractivity contribution in [1.29, 1.82) is 0 Å². The normalized spacial score (nSPS) is 27.4. The Morgan fingerprint density at radius 2 is 1.73 bits per heavy atom. The minimum absolute atomic E-state index is 0.0334. The van der Waals surface area contributed by atoms with Gasteiger partial charge < -0.3 is 20.4 Å². The van der Waals surface area contributed by atoms with Crippen molar-refractivity contribution >= 4 is 23.5 Å². The Morgan fingerprint density at radius 1 is 1.04 bits per heavy atom. The molecule has 26 heavy (non-hydrogen) atoms. The Bertz CT molecular complexity index is 728.